The monoisotopic (exact) mass is 483 g/mol. The lowest BCUT2D eigenvalue weighted by Crippen LogP contribution is -2.45. The predicted molar refractivity (Wildman–Crippen MR) is 124 cm³/mol. The summed E-state index contributed by atoms with van der Waals surface area (Å²) >= 11 is 0. The first-order valence-corrected chi connectivity index (χ1v) is 12.1. The van der Waals surface area contributed by atoms with E-state index in [-0.39, 0.29) is 23.7 Å². The van der Waals surface area contributed by atoms with Crippen LogP contribution in [0.1, 0.15) is 18.4 Å². The van der Waals surface area contributed by atoms with Gasteiger partial charge in [0.05, 0.1) is 9.82 Å². The van der Waals surface area contributed by atoms with E-state index in [9.17, 15) is 27.7 Å². The topological polar surface area (TPSA) is 110 Å². The Kier molecular flexibility index (Phi) is 6.71. The van der Waals surface area contributed by atoms with E-state index in [0.29, 0.717) is 12.8 Å². The van der Waals surface area contributed by atoms with E-state index in [0.717, 1.165) is 28.8 Å². The number of halogens is 1. The molecule has 0 aromatic heterocycles. The number of nitrogens with zero attached hydrogens (tertiary/aromatic N) is 2. The van der Waals surface area contributed by atoms with E-state index in [1.54, 1.807) is 12.1 Å². The highest BCUT2D eigenvalue weighted by atomic mass is 32.2. The molecule has 0 bridgehead atoms. The number of sulfonamides is 1. The van der Waals surface area contributed by atoms with Crippen LogP contribution in [-0.2, 0) is 21.4 Å². The molecule has 8 nitrogen and oxygen atoms in total. The van der Waals surface area contributed by atoms with Crippen LogP contribution in [0.5, 0.6) is 0 Å². The number of carbonyl (C=O) groups is 1. The Hall–Kier alpha value is -3.63. The average molecular weight is 484 g/mol. The lowest BCUT2D eigenvalue weighted by Gasteiger charge is -2.23. The minimum atomic E-state index is -3.93. The molecule has 3 aromatic carbocycles. The zero-order chi connectivity index (χ0) is 24.3. The zero-order valence-electron chi connectivity index (χ0n) is 18.1. The summed E-state index contributed by atoms with van der Waals surface area (Å²) in [7, 11) is -3.93. The number of non-ortho nitro benzene ring substituents is 1. The molecule has 3 aromatic rings. The molecule has 1 saturated heterocycles. The summed E-state index contributed by atoms with van der Waals surface area (Å²) in [5, 5.41) is 13.7. The van der Waals surface area contributed by atoms with Crippen LogP contribution in [-0.4, -0.2) is 36.1 Å². The molecule has 1 atom stereocenters. The molecule has 1 amide bonds. The second-order valence-electron chi connectivity index (χ2n) is 7.95. The van der Waals surface area contributed by atoms with Crippen LogP contribution < -0.4 is 5.32 Å². The number of hydrogen-bond donors (Lipinski definition) is 1. The maximum Gasteiger partial charge on any atom is 0.269 e. The average Bonchev–Trinajstić information content (AvgIpc) is 3.34. The smallest absolute Gasteiger partial charge is 0.269 e. The van der Waals surface area contributed by atoms with Crippen molar-refractivity contribution in [2.75, 3.05) is 6.54 Å². The van der Waals surface area contributed by atoms with Crippen molar-refractivity contribution in [3.05, 3.63) is 94.3 Å². The van der Waals surface area contributed by atoms with Gasteiger partial charge < -0.3 is 5.32 Å². The number of carbonyl (C=O) groups excluding carboxylic acids is 1. The number of rotatable bonds is 7. The van der Waals surface area contributed by atoms with Gasteiger partial charge in [0.1, 0.15) is 11.9 Å². The molecule has 0 spiro atoms. The first kappa shape index (κ1) is 23.5. The van der Waals surface area contributed by atoms with E-state index < -0.39 is 32.7 Å². The molecule has 1 aliphatic heterocycles. The Morgan fingerprint density at radius 2 is 1.76 bits per heavy atom. The van der Waals surface area contributed by atoms with Gasteiger partial charge in [0.25, 0.3) is 5.69 Å². The minimum absolute atomic E-state index is 0.00359. The number of benzene rings is 3. The molecule has 1 fully saturated rings. The number of nitro groups is 1. The number of nitrogens with one attached hydrogen (secondary N) is 1. The normalized spacial score (nSPS) is 16.3. The third-order valence-electron chi connectivity index (χ3n) is 5.73. The molecule has 0 aliphatic carbocycles. The van der Waals surface area contributed by atoms with Gasteiger partial charge in [-0.25, -0.2) is 12.8 Å². The van der Waals surface area contributed by atoms with Crippen LogP contribution in [0.2, 0.25) is 0 Å². The molecular formula is C24H22FN3O5S. The fraction of sp³-hybridized carbons (Fsp3) is 0.208. The maximum absolute atomic E-state index is 13.2. The Bertz CT molecular complexity index is 1310. The Labute approximate surface area is 196 Å². The fourth-order valence-electron chi connectivity index (χ4n) is 3.98. The SMILES string of the molecule is O=C(NCc1cccc(-c2ccc([N+](=O)[O-])cc2)c1)[C@@H]1CCCN1S(=O)(=O)c1ccc(F)cc1. The summed E-state index contributed by atoms with van der Waals surface area (Å²) < 4.78 is 40.3. The van der Waals surface area contributed by atoms with E-state index >= 15 is 0 Å². The largest absolute Gasteiger partial charge is 0.351 e. The summed E-state index contributed by atoms with van der Waals surface area (Å²) in [6, 6.07) is 17.3. The van der Waals surface area contributed by atoms with Gasteiger partial charge in [-0.2, -0.15) is 4.31 Å². The first-order chi connectivity index (χ1) is 16.3. The van der Waals surface area contributed by atoms with Crippen molar-refractivity contribution in [3.8, 4) is 11.1 Å². The summed E-state index contributed by atoms with van der Waals surface area (Å²) in [4.78, 5) is 23.2. The molecule has 0 saturated carbocycles. The Balaban J connectivity index is 1.44. The van der Waals surface area contributed by atoms with Crippen LogP contribution in [0.4, 0.5) is 10.1 Å². The highest BCUT2D eigenvalue weighted by Crippen LogP contribution is 2.27. The molecule has 4 rings (SSSR count). The fourth-order valence-corrected chi connectivity index (χ4v) is 5.63. The zero-order valence-corrected chi connectivity index (χ0v) is 18.9. The second-order valence-corrected chi connectivity index (χ2v) is 9.84. The van der Waals surface area contributed by atoms with Crippen LogP contribution in [0.15, 0.2) is 77.7 Å². The summed E-state index contributed by atoms with van der Waals surface area (Å²) in [6.45, 7) is 0.411. The first-order valence-electron chi connectivity index (χ1n) is 10.6. The molecule has 10 heteroatoms. The Morgan fingerprint density at radius 1 is 1.06 bits per heavy atom. The standard InChI is InChI=1S/C24H22FN3O5S/c25-20-8-12-22(13-9-20)34(32,33)27-14-2-5-23(27)24(29)26-16-17-3-1-4-19(15-17)18-6-10-21(11-7-18)28(30)31/h1,3-4,6-13,15,23H,2,5,14,16H2,(H,26,29)/t23-/m0/s1. The maximum atomic E-state index is 13.2. The van der Waals surface area contributed by atoms with Crippen molar-refractivity contribution in [1.29, 1.82) is 0 Å². The highest BCUT2D eigenvalue weighted by molar-refractivity contribution is 7.89. The lowest BCUT2D eigenvalue weighted by molar-refractivity contribution is -0.384. The van der Waals surface area contributed by atoms with Crippen molar-refractivity contribution in [2.24, 2.45) is 0 Å². The van der Waals surface area contributed by atoms with E-state index in [4.69, 9.17) is 0 Å². The summed E-state index contributed by atoms with van der Waals surface area (Å²) in [6.07, 6.45) is 0.948. The quantitative estimate of drug-likeness (QED) is 0.405. The van der Waals surface area contributed by atoms with Crippen LogP contribution in [0.3, 0.4) is 0 Å². The predicted octanol–water partition coefficient (Wildman–Crippen LogP) is 3.87. The molecule has 1 aliphatic rings. The van der Waals surface area contributed by atoms with Crippen LogP contribution >= 0.6 is 0 Å². The van der Waals surface area contributed by atoms with Gasteiger partial charge in [-0.15, -0.1) is 0 Å². The van der Waals surface area contributed by atoms with Gasteiger partial charge in [-0.1, -0.05) is 18.2 Å². The van der Waals surface area contributed by atoms with Gasteiger partial charge in [0, 0.05) is 25.2 Å². The van der Waals surface area contributed by atoms with Crippen LogP contribution in [0, 0.1) is 15.9 Å². The van der Waals surface area contributed by atoms with E-state index in [1.165, 1.54) is 28.6 Å². The minimum Gasteiger partial charge on any atom is -0.351 e. The van der Waals surface area contributed by atoms with Gasteiger partial charge >= 0.3 is 0 Å². The van der Waals surface area contributed by atoms with Crippen molar-refractivity contribution >= 4 is 21.6 Å². The Morgan fingerprint density at radius 3 is 2.44 bits per heavy atom. The van der Waals surface area contributed by atoms with Gasteiger partial charge in [-0.3, -0.25) is 14.9 Å². The van der Waals surface area contributed by atoms with Crippen molar-refractivity contribution in [3.63, 3.8) is 0 Å². The van der Waals surface area contributed by atoms with E-state index in [2.05, 4.69) is 5.32 Å². The molecule has 1 N–H and O–H groups in total. The van der Waals surface area contributed by atoms with Crippen molar-refractivity contribution in [1.82, 2.24) is 9.62 Å². The number of amides is 1. The second kappa shape index (κ2) is 9.70. The van der Waals surface area contributed by atoms with E-state index in [1.807, 2.05) is 24.3 Å². The third-order valence-corrected chi connectivity index (χ3v) is 7.65. The van der Waals surface area contributed by atoms with Crippen molar-refractivity contribution in [2.45, 2.75) is 30.3 Å². The molecule has 1 heterocycles. The molecule has 0 unspecified atom stereocenters. The van der Waals surface area contributed by atoms with Gasteiger partial charge in [0.15, 0.2) is 0 Å². The van der Waals surface area contributed by atoms with Crippen LogP contribution in [0.25, 0.3) is 11.1 Å². The van der Waals surface area contributed by atoms with Crippen molar-refractivity contribution < 1.29 is 22.5 Å². The molecule has 176 valence electrons. The van der Waals surface area contributed by atoms with Gasteiger partial charge in [-0.05, 0) is 72.0 Å². The molecule has 0 radical (unpaired) electrons. The summed E-state index contributed by atoms with van der Waals surface area (Å²) in [5.74, 6) is -0.936. The van der Waals surface area contributed by atoms with Gasteiger partial charge in [0.2, 0.25) is 15.9 Å². The number of hydrogen-bond acceptors (Lipinski definition) is 5. The molecular weight excluding hydrogens is 461 g/mol. The number of nitro benzene ring substituents is 1. The highest BCUT2D eigenvalue weighted by Gasteiger charge is 2.39. The summed E-state index contributed by atoms with van der Waals surface area (Å²) in [5.41, 5.74) is 2.44. The molecule has 34 heavy (non-hydrogen) atoms. The lowest BCUT2D eigenvalue weighted by atomic mass is 10.0. The third kappa shape index (κ3) is 4.97.